The zero-order chi connectivity index (χ0) is 18.4. The molecular weight excluding hydrogens is 346 g/mol. The van der Waals surface area contributed by atoms with Crippen molar-refractivity contribution in [2.45, 2.75) is 17.9 Å². The van der Waals surface area contributed by atoms with Crippen LogP contribution in [0.2, 0.25) is 0 Å². The van der Waals surface area contributed by atoms with Gasteiger partial charge in [0, 0.05) is 0 Å². The minimum Gasteiger partial charge on any atom is -0.495 e. The van der Waals surface area contributed by atoms with Crippen LogP contribution in [0.1, 0.15) is 22.1 Å². The molecule has 3 rings (SSSR count). The third kappa shape index (κ3) is 4.49. The van der Waals surface area contributed by atoms with Gasteiger partial charge in [-0.05, 0) is 42.3 Å². The first-order chi connectivity index (χ1) is 12.7. The molecule has 4 nitrogen and oxygen atoms in total. The van der Waals surface area contributed by atoms with Gasteiger partial charge in [0.2, 0.25) is 5.91 Å². The topological polar surface area (TPSA) is 51.5 Å². The van der Waals surface area contributed by atoms with Crippen LogP contribution in [0.4, 0.5) is 5.69 Å². The zero-order valence-corrected chi connectivity index (χ0v) is 15.6. The van der Waals surface area contributed by atoms with Crippen LogP contribution >= 0.6 is 11.8 Å². The molecule has 26 heavy (non-hydrogen) atoms. The van der Waals surface area contributed by atoms with E-state index in [4.69, 9.17) is 9.15 Å². The number of methoxy groups -OCH3 is 1. The van der Waals surface area contributed by atoms with E-state index >= 15 is 0 Å². The maximum absolute atomic E-state index is 13.0. The molecule has 5 heteroatoms. The monoisotopic (exact) mass is 367 g/mol. The fourth-order valence-corrected chi connectivity index (χ4v) is 3.68. The number of carbonyl (C=O) groups excluding carboxylic acids is 1. The summed E-state index contributed by atoms with van der Waals surface area (Å²) in [6.07, 6.45) is 1.64. The Balaban J connectivity index is 1.81. The second-order valence-electron chi connectivity index (χ2n) is 5.87. The molecule has 134 valence electrons. The van der Waals surface area contributed by atoms with Crippen molar-refractivity contribution in [3.05, 3.63) is 83.8 Å². The first kappa shape index (κ1) is 18.1. The van der Waals surface area contributed by atoms with Crippen LogP contribution in [0.5, 0.6) is 5.75 Å². The van der Waals surface area contributed by atoms with E-state index in [0.717, 1.165) is 16.9 Å². The molecule has 1 heterocycles. The van der Waals surface area contributed by atoms with Crippen LogP contribution in [0, 0.1) is 6.92 Å². The molecule has 0 bridgehead atoms. The van der Waals surface area contributed by atoms with Crippen molar-refractivity contribution in [2.75, 3.05) is 12.4 Å². The average Bonchev–Trinajstić information content (AvgIpc) is 3.16. The van der Waals surface area contributed by atoms with Crippen molar-refractivity contribution in [2.24, 2.45) is 0 Å². The summed E-state index contributed by atoms with van der Waals surface area (Å²) in [6, 6.07) is 19.2. The van der Waals surface area contributed by atoms with Gasteiger partial charge < -0.3 is 14.5 Å². The highest BCUT2D eigenvalue weighted by molar-refractivity contribution is 7.99. The Labute approximate surface area is 157 Å². The lowest BCUT2D eigenvalue weighted by Gasteiger charge is -2.18. The summed E-state index contributed by atoms with van der Waals surface area (Å²) in [5, 5.41) is 2.66. The van der Waals surface area contributed by atoms with Crippen LogP contribution in [-0.4, -0.2) is 13.0 Å². The number of thioether (sulfide) groups is 1. The van der Waals surface area contributed by atoms with Crippen molar-refractivity contribution < 1.29 is 13.9 Å². The van der Waals surface area contributed by atoms with E-state index in [-0.39, 0.29) is 11.2 Å². The highest BCUT2D eigenvalue weighted by atomic mass is 32.2. The predicted octanol–water partition coefficient (Wildman–Crippen LogP) is 5.21. The van der Waals surface area contributed by atoms with Crippen molar-refractivity contribution >= 4 is 23.4 Å². The van der Waals surface area contributed by atoms with Crippen molar-refractivity contribution in [3.63, 3.8) is 0 Å². The van der Waals surface area contributed by atoms with Gasteiger partial charge in [0.25, 0.3) is 0 Å². The van der Waals surface area contributed by atoms with E-state index in [9.17, 15) is 4.79 Å². The van der Waals surface area contributed by atoms with Crippen LogP contribution in [0.3, 0.4) is 0 Å². The van der Waals surface area contributed by atoms with Crippen LogP contribution in [0.25, 0.3) is 0 Å². The summed E-state index contributed by atoms with van der Waals surface area (Å²) in [4.78, 5) is 13.0. The summed E-state index contributed by atoms with van der Waals surface area (Å²) < 4.78 is 10.8. The number of benzene rings is 2. The van der Waals surface area contributed by atoms with E-state index in [1.54, 1.807) is 13.4 Å². The fraction of sp³-hybridized carbons (Fsp3) is 0.190. The average molecular weight is 367 g/mol. The molecule has 0 saturated heterocycles. The number of amides is 1. The highest BCUT2D eigenvalue weighted by Gasteiger charge is 2.22. The van der Waals surface area contributed by atoms with Gasteiger partial charge in [-0.2, -0.15) is 0 Å². The number of hydrogen-bond donors (Lipinski definition) is 1. The summed E-state index contributed by atoms with van der Waals surface area (Å²) in [5.74, 6) is 2.02. The minimum absolute atomic E-state index is 0.0864. The SMILES string of the molecule is COc1ccc(C)cc1NC(=O)C(SCc1ccco1)c1ccccc1. The summed E-state index contributed by atoms with van der Waals surface area (Å²) in [7, 11) is 1.60. The van der Waals surface area contributed by atoms with Crippen LogP contribution < -0.4 is 10.1 Å². The zero-order valence-electron chi connectivity index (χ0n) is 14.8. The number of furan rings is 1. The van der Waals surface area contributed by atoms with Gasteiger partial charge in [0.15, 0.2) is 0 Å². The standard InChI is InChI=1S/C21H21NO3S/c1-15-10-11-19(24-2)18(13-15)22-21(23)20(16-7-4-3-5-8-16)26-14-17-9-6-12-25-17/h3-13,20H,14H2,1-2H3,(H,22,23). The Morgan fingerprint density at radius 3 is 2.65 bits per heavy atom. The van der Waals surface area contributed by atoms with E-state index in [2.05, 4.69) is 5.32 Å². The Kier molecular flexibility index (Phi) is 6.02. The van der Waals surface area contributed by atoms with Gasteiger partial charge in [-0.1, -0.05) is 36.4 Å². The molecule has 0 aliphatic heterocycles. The quantitative estimate of drug-likeness (QED) is 0.623. The first-order valence-electron chi connectivity index (χ1n) is 8.32. The molecule has 0 aliphatic carbocycles. The van der Waals surface area contributed by atoms with Crippen LogP contribution in [0.15, 0.2) is 71.3 Å². The van der Waals surface area contributed by atoms with Crippen molar-refractivity contribution in [1.29, 1.82) is 0 Å². The third-order valence-electron chi connectivity index (χ3n) is 3.93. The number of anilines is 1. The normalized spacial score (nSPS) is 11.8. The Morgan fingerprint density at radius 1 is 1.15 bits per heavy atom. The maximum atomic E-state index is 13.0. The van der Waals surface area contributed by atoms with Gasteiger partial charge in [-0.15, -0.1) is 11.8 Å². The molecule has 3 aromatic rings. The smallest absolute Gasteiger partial charge is 0.242 e. The number of rotatable bonds is 7. The highest BCUT2D eigenvalue weighted by Crippen LogP contribution is 2.34. The molecule has 1 amide bonds. The molecular formula is C21H21NO3S. The summed E-state index contributed by atoms with van der Waals surface area (Å²) >= 11 is 1.53. The Hall–Kier alpha value is -2.66. The molecule has 0 spiro atoms. The minimum atomic E-state index is -0.355. The van der Waals surface area contributed by atoms with Gasteiger partial charge >= 0.3 is 0 Å². The number of nitrogens with one attached hydrogen (secondary N) is 1. The van der Waals surface area contributed by atoms with E-state index in [1.165, 1.54) is 11.8 Å². The molecule has 1 aromatic heterocycles. The Morgan fingerprint density at radius 2 is 1.96 bits per heavy atom. The molecule has 1 unspecified atom stereocenters. The molecule has 0 saturated carbocycles. The lowest BCUT2D eigenvalue weighted by molar-refractivity contribution is -0.115. The largest absolute Gasteiger partial charge is 0.495 e. The third-order valence-corrected chi connectivity index (χ3v) is 5.20. The van der Waals surface area contributed by atoms with E-state index < -0.39 is 0 Å². The number of aryl methyl sites for hydroxylation is 1. The molecule has 1 N–H and O–H groups in total. The fourth-order valence-electron chi connectivity index (χ4n) is 2.63. The van der Waals surface area contributed by atoms with E-state index in [0.29, 0.717) is 17.2 Å². The van der Waals surface area contributed by atoms with Crippen molar-refractivity contribution in [1.82, 2.24) is 0 Å². The number of hydrogen-bond acceptors (Lipinski definition) is 4. The van der Waals surface area contributed by atoms with Crippen molar-refractivity contribution in [3.8, 4) is 5.75 Å². The summed E-state index contributed by atoms with van der Waals surface area (Å²) in [5.41, 5.74) is 2.69. The second-order valence-corrected chi connectivity index (χ2v) is 6.97. The van der Waals surface area contributed by atoms with Crippen LogP contribution in [-0.2, 0) is 10.5 Å². The van der Waals surface area contributed by atoms with E-state index in [1.807, 2.05) is 67.6 Å². The van der Waals surface area contributed by atoms with Gasteiger partial charge in [0.05, 0.1) is 24.8 Å². The molecule has 0 aliphatic rings. The maximum Gasteiger partial charge on any atom is 0.242 e. The molecule has 0 radical (unpaired) electrons. The lowest BCUT2D eigenvalue weighted by atomic mass is 10.1. The molecule has 2 aromatic carbocycles. The van der Waals surface area contributed by atoms with Gasteiger partial charge in [-0.3, -0.25) is 4.79 Å². The lowest BCUT2D eigenvalue weighted by Crippen LogP contribution is -2.19. The van der Waals surface area contributed by atoms with Gasteiger partial charge in [-0.25, -0.2) is 0 Å². The predicted molar refractivity (Wildman–Crippen MR) is 106 cm³/mol. The first-order valence-corrected chi connectivity index (χ1v) is 9.36. The Bertz CT molecular complexity index is 847. The summed E-state index contributed by atoms with van der Waals surface area (Å²) in [6.45, 7) is 1.98. The molecule has 0 fully saturated rings. The second kappa shape index (κ2) is 8.63. The number of carbonyl (C=O) groups is 1. The molecule has 1 atom stereocenters. The number of ether oxygens (including phenoxy) is 1. The van der Waals surface area contributed by atoms with Gasteiger partial charge in [0.1, 0.15) is 16.8 Å².